The van der Waals surface area contributed by atoms with E-state index in [1.54, 1.807) is 0 Å². The van der Waals surface area contributed by atoms with Gasteiger partial charge in [0.15, 0.2) is 0 Å². The van der Waals surface area contributed by atoms with E-state index < -0.39 is 0 Å². The van der Waals surface area contributed by atoms with Crippen molar-refractivity contribution < 1.29 is 9.59 Å². The monoisotopic (exact) mass is 376 g/mol. The molecule has 3 saturated heterocycles. The Morgan fingerprint density at radius 1 is 1.15 bits per heavy atom. The van der Waals surface area contributed by atoms with Crippen LogP contribution in [0.25, 0.3) is 0 Å². The van der Waals surface area contributed by atoms with Crippen molar-refractivity contribution in [1.82, 2.24) is 20.0 Å². The van der Waals surface area contributed by atoms with Gasteiger partial charge >= 0.3 is 0 Å². The summed E-state index contributed by atoms with van der Waals surface area (Å²) in [6.45, 7) is 3.73. The lowest BCUT2D eigenvalue weighted by molar-refractivity contribution is -0.135. The summed E-state index contributed by atoms with van der Waals surface area (Å²) in [6.07, 6.45) is 9.79. The average Bonchev–Trinajstić information content (AvgIpc) is 3.08. The van der Waals surface area contributed by atoms with Gasteiger partial charge in [-0.25, -0.2) is 0 Å². The third-order valence-corrected chi connectivity index (χ3v) is 7.62. The fraction of sp³-hybridized carbons (Fsp3) is 0.905. The van der Waals surface area contributed by atoms with E-state index in [0.29, 0.717) is 12.5 Å². The van der Waals surface area contributed by atoms with Crippen LogP contribution in [0.5, 0.6) is 0 Å². The number of nitrogens with zero attached hydrogens (tertiary/aromatic N) is 3. The molecule has 3 heterocycles. The molecule has 152 valence electrons. The first-order chi connectivity index (χ1) is 13.0. The highest BCUT2D eigenvalue weighted by atomic mass is 16.2. The summed E-state index contributed by atoms with van der Waals surface area (Å²) >= 11 is 0. The molecular weight excluding hydrogens is 340 g/mol. The van der Waals surface area contributed by atoms with Crippen LogP contribution < -0.4 is 5.32 Å². The SMILES string of the molecule is CN1CCC2(CC1)CC(=O)N1C[C@@H](N(C)CC3CCCCC3)C[C@H]1C(=O)N2. The van der Waals surface area contributed by atoms with E-state index in [4.69, 9.17) is 0 Å². The second-order valence-electron chi connectivity index (χ2n) is 9.64. The maximum Gasteiger partial charge on any atom is 0.243 e. The molecule has 0 bridgehead atoms. The van der Waals surface area contributed by atoms with Gasteiger partial charge in [-0.15, -0.1) is 0 Å². The lowest BCUT2D eigenvalue weighted by Gasteiger charge is -2.40. The van der Waals surface area contributed by atoms with Crippen LogP contribution in [0, 0.1) is 5.92 Å². The molecular formula is C21H36N4O2. The molecule has 1 N–H and O–H groups in total. The van der Waals surface area contributed by atoms with Gasteiger partial charge in [-0.05, 0) is 52.1 Å². The Balaban J connectivity index is 1.39. The summed E-state index contributed by atoms with van der Waals surface area (Å²) in [4.78, 5) is 32.7. The predicted octanol–water partition coefficient (Wildman–Crippen LogP) is 1.45. The quantitative estimate of drug-likeness (QED) is 0.810. The first-order valence-corrected chi connectivity index (χ1v) is 11.0. The first-order valence-electron chi connectivity index (χ1n) is 11.0. The van der Waals surface area contributed by atoms with Gasteiger partial charge in [-0.2, -0.15) is 0 Å². The zero-order chi connectivity index (χ0) is 19.0. The van der Waals surface area contributed by atoms with Crippen LogP contribution in [0.1, 0.15) is 57.8 Å². The number of hydrogen-bond donors (Lipinski definition) is 1. The van der Waals surface area contributed by atoms with Gasteiger partial charge in [0.1, 0.15) is 6.04 Å². The Morgan fingerprint density at radius 2 is 1.85 bits per heavy atom. The number of rotatable bonds is 3. The van der Waals surface area contributed by atoms with Gasteiger partial charge in [0.05, 0.1) is 12.0 Å². The topological polar surface area (TPSA) is 55.9 Å². The smallest absolute Gasteiger partial charge is 0.243 e. The molecule has 0 aromatic heterocycles. The maximum atomic E-state index is 13.1. The molecule has 4 rings (SSSR count). The van der Waals surface area contributed by atoms with Gasteiger partial charge in [0.2, 0.25) is 11.8 Å². The van der Waals surface area contributed by atoms with Crippen molar-refractivity contribution >= 4 is 11.8 Å². The molecule has 1 aliphatic carbocycles. The molecule has 2 amide bonds. The number of likely N-dealkylation sites (N-methyl/N-ethyl adjacent to an activating group) is 1. The molecule has 6 nitrogen and oxygen atoms in total. The summed E-state index contributed by atoms with van der Waals surface area (Å²) < 4.78 is 0. The Labute approximate surface area is 163 Å². The van der Waals surface area contributed by atoms with E-state index in [1.807, 2.05) is 4.90 Å². The Kier molecular flexibility index (Phi) is 5.48. The van der Waals surface area contributed by atoms with Crippen LogP contribution in [-0.2, 0) is 9.59 Å². The largest absolute Gasteiger partial charge is 0.348 e. The van der Waals surface area contributed by atoms with E-state index in [0.717, 1.165) is 51.4 Å². The number of fused-ring (bicyclic) bond motifs is 1. The number of carbonyl (C=O) groups is 2. The third kappa shape index (κ3) is 4.02. The zero-order valence-corrected chi connectivity index (χ0v) is 17.1. The third-order valence-electron chi connectivity index (χ3n) is 7.62. The Morgan fingerprint density at radius 3 is 2.56 bits per heavy atom. The molecule has 4 fully saturated rings. The molecule has 1 spiro atoms. The highest BCUT2D eigenvalue weighted by Crippen LogP contribution is 2.33. The van der Waals surface area contributed by atoms with Crippen LogP contribution in [0.2, 0.25) is 0 Å². The molecule has 0 radical (unpaired) electrons. The van der Waals surface area contributed by atoms with Crippen LogP contribution in [0.15, 0.2) is 0 Å². The molecule has 1 saturated carbocycles. The van der Waals surface area contributed by atoms with Crippen molar-refractivity contribution in [1.29, 1.82) is 0 Å². The van der Waals surface area contributed by atoms with Gasteiger partial charge in [-0.3, -0.25) is 9.59 Å². The standard InChI is InChI=1S/C21H36N4O2/c1-23-10-8-21(9-11-23)13-19(26)25-15-17(12-18(25)20(27)22-21)24(2)14-16-6-4-3-5-7-16/h16-18H,3-15H2,1-2H3,(H,22,27)/t17-,18-/m0/s1. The molecule has 0 aromatic rings. The number of carbonyl (C=O) groups excluding carboxylic acids is 2. The van der Waals surface area contributed by atoms with Gasteiger partial charge < -0.3 is 20.0 Å². The van der Waals surface area contributed by atoms with Crippen molar-refractivity contribution in [2.24, 2.45) is 5.92 Å². The maximum absolute atomic E-state index is 13.1. The van der Waals surface area contributed by atoms with Gasteiger partial charge in [0.25, 0.3) is 0 Å². The van der Waals surface area contributed by atoms with E-state index in [1.165, 1.54) is 32.1 Å². The fourth-order valence-electron chi connectivity index (χ4n) is 5.71. The summed E-state index contributed by atoms with van der Waals surface area (Å²) in [5.41, 5.74) is -0.311. The first kappa shape index (κ1) is 19.2. The minimum absolute atomic E-state index is 0.0824. The van der Waals surface area contributed by atoms with E-state index >= 15 is 0 Å². The predicted molar refractivity (Wildman–Crippen MR) is 105 cm³/mol. The van der Waals surface area contributed by atoms with Crippen molar-refractivity contribution in [2.45, 2.75) is 75.4 Å². The van der Waals surface area contributed by atoms with Crippen molar-refractivity contribution in [3.05, 3.63) is 0 Å². The van der Waals surface area contributed by atoms with Crippen molar-refractivity contribution in [2.75, 3.05) is 40.3 Å². The summed E-state index contributed by atoms with van der Waals surface area (Å²) in [7, 11) is 4.30. The number of nitrogens with one attached hydrogen (secondary N) is 1. The van der Waals surface area contributed by atoms with Gasteiger partial charge in [-0.1, -0.05) is 19.3 Å². The summed E-state index contributed by atoms with van der Waals surface area (Å²) in [6, 6.07) is 0.0495. The van der Waals surface area contributed by atoms with E-state index in [-0.39, 0.29) is 23.4 Å². The minimum atomic E-state index is -0.311. The van der Waals surface area contributed by atoms with Crippen LogP contribution in [0.3, 0.4) is 0 Å². The average molecular weight is 377 g/mol. The molecule has 27 heavy (non-hydrogen) atoms. The Bertz CT molecular complexity index is 539. The normalized spacial score (nSPS) is 32.6. The lowest BCUT2D eigenvalue weighted by Crippen LogP contribution is -2.55. The number of likely N-dealkylation sites (tertiary alicyclic amines) is 1. The molecule has 6 heteroatoms. The number of piperidine rings is 1. The molecule has 2 atom stereocenters. The highest BCUT2D eigenvalue weighted by molar-refractivity contribution is 5.92. The van der Waals surface area contributed by atoms with Crippen molar-refractivity contribution in [3.63, 3.8) is 0 Å². The highest BCUT2D eigenvalue weighted by Gasteiger charge is 2.49. The summed E-state index contributed by atoms with van der Waals surface area (Å²) in [5, 5.41) is 3.31. The van der Waals surface area contributed by atoms with Crippen LogP contribution >= 0.6 is 0 Å². The van der Waals surface area contributed by atoms with E-state index in [9.17, 15) is 9.59 Å². The molecule has 4 aliphatic rings. The Hall–Kier alpha value is -1.14. The van der Waals surface area contributed by atoms with Gasteiger partial charge in [0, 0.05) is 32.2 Å². The second kappa shape index (κ2) is 7.70. The number of hydrogen-bond acceptors (Lipinski definition) is 4. The summed E-state index contributed by atoms with van der Waals surface area (Å²) in [5.74, 6) is 1.05. The zero-order valence-electron chi connectivity index (χ0n) is 17.1. The van der Waals surface area contributed by atoms with Crippen LogP contribution in [0.4, 0.5) is 0 Å². The lowest BCUT2D eigenvalue weighted by atomic mass is 9.84. The minimum Gasteiger partial charge on any atom is -0.348 e. The molecule has 3 aliphatic heterocycles. The molecule has 0 unspecified atom stereocenters. The second-order valence-corrected chi connectivity index (χ2v) is 9.64. The van der Waals surface area contributed by atoms with E-state index in [2.05, 4.69) is 29.2 Å². The fourth-order valence-corrected chi connectivity index (χ4v) is 5.71. The number of amides is 2. The van der Waals surface area contributed by atoms with Crippen LogP contribution in [-0.4, -0.2) is 84.4 Å². The molecule has 0 aromatic carbocycles. The van der Waals surface area contributed by atoms with Crippen molar-refractivity contribution in [3.8, 4) is 0 Å².